The molecule has 0 spiro atoms. The number of hydrogen-bond acceptors (Lipinski definition) is 6. The van der Waals surface area contributed by atoms with Crippen molar-refractivity contribution in [2.24, 2.45) is 0 Å². The molecule has 8 heteroatoms. The Morgan fingerprint density at radius 3 is 3.04 bits per heavy atom. The molecule has 1 aliphatic heterocycles. The minimum Gasteiger partial charge on any atom is -0.363 e. The lowest BCUT2D eigenvalue weighted by Crippen LogP contribution is -3.12. The summed E-state index contributed by atoms with van der Waals surface area (Å²) in [6.45, 7) is 3.13. The number of para-hydroxylation sites is 1. The number of hydrogen-bond donors (Lipinski definition) is 2. The summed E-state index contributed by atoms with van der Waals surface area (Å²) in [5.74, 6) is 0.544. The molecule has 3 aromatic rings. The Labute approximate surface area is 154 Å². The van der Waals surface area contributed by atoms with Crippen LogP contribution in [0.5, 0.6) is 0 Å². The quantitative estimate of drug-likeness (QED) is 0.686. The van der Waals surface area contributed by atoms with Crippen LogP contribution in [0.25, 0.3) is 10.2 Å². The molecule has 0 aliphatic carbocycles. The lowest BCUT2D eigenvalue weighted by Gasteiger charge is -2.28. The van der Waals surface area contributed by atoms with Gasteiger partial charge in [-0.05, 0) is 37.2 Å². The number of anilines is 1. The number of nitrogens with zero attached hydrogens (tertiary/aromatic N) is 3. The van der Waals surface area contributed by atoms with Gasteiger partial charge in [0.2, 0.25) is 5.13 Å². The number of nitrogens with one attached hydrogen (secondary N) is 2. The summed E-state index contributed by atoms with van der Waals surface area (Å²) in [5.41, 5.74) is 1.13. The van der Waals surface area contributed by atoms with Crippen LogP contribution in [0.2, 0.25) is 0 Å². The molecule has 1 saturated heterocycles. The first-order chi connectivity index (χ1) is 11.7. The second kappa shape index (κ2) is 6.87. The highest BCUT2D eigenvalue weighted by atomic mass is 32.1. The molecule has 1 aromatic carbocycles. The van der Waals surface area contributed by atoms with Crippen LogP contribution in [0, 0.1) is 3.95 Å². The maximum atomic E-state index is 5.43. The first-order valence-electron chi connectivity index (χ1n) is 8.17. The van der Waals surface area contributed by atoms with Crippen molar-refractivity contribution < 1.29 is 4.90 Å². The minimum absolute atomic E-state index is 0.544. The van der Waals surface area contributed by atoms with Crippen LogP contribution in [0.15, 0.2) is 24.3 Å². The summed E-state index contributed by atoms with van der Waals surface area (Å²) >= 11 is 8.81. The Hall–Kier alpha value is -1.35. The van der Waals surface area contributed by atoms with Gasteiger partial charge in [-0.15, -0.1) is 16.4 Å². The number of rotatable bonds is 4. The van der Waals surface area contributed by atoms with E-state index >= 15 is 0 Å². The average Bonchev–Trinajstić information content (AvgIpc) is 3.19. The van der Waals surface area contributed by atoms with Gasteiger partial charge in [0.15, 0.2) is 10.6 Å². The van der Waals surface area contributed by atoms with Gasteiger partial charge in [0.05, 0.1) is 29.2 Å². The highest BCUT2D eigenvalue weighted by molar-refractivity contribution is 7.73. The zero-order chi connectivity index (χ0) is 16.5. The third kappa shape index (κ3) is 3.23. The second-order valence-corrected chi connectivity index (χ2v) is 8.83. The monoisotopic (exact) mass is 378 g/mol. The first-order valence-corrected chi connectivity index (χ1v) is 10.2. The fourth-order valence-electron chi connectivity index (χ4n) is 3.29. The molecule has 1 fully saturated rings. The molecule has 2 N–H and O–H groups in total. The first kappa shape index (κ1) is 16.1. The molecule has 2 atom stereocenters. The Bertz CT molecular complexity index is 863. The fourth-order valence-corrected chi connectivity index (χ4v) is 5.35. The fraction of sp³-hybridized carbons (Fsp3) is 0.438. The number of likely N-dealkylation sites (tertiary alicyclic amines) is 1. The number of benzene rings is 1. The molecule has 24 heavy (non-hydrogen) atoms. The van der Waals surface area contributed by atoms with Gasteiger partial charge in [-0.2, -0.15) is 4.68 Å². The van der Waals surface area contributed by atoms with E-state index in [-0.39, 0.29) is 0 Å². The van der Waals surface area contributed by atoms with Crippen molar-refractivity contribution in [3.05, 3.63) is 33.2 Å². The average molecular weight is 379 g/mol. The van der Waals surface area contributed by atoms with Crippen molar-refractivity contribution in [1.82, 2.24) is 14.8 Å². The molecule has 0 bridgehead atoms. The van der Waals surface area contributed by atoms with Gasteiger partial charge in [0, 0.05) is 7.05 Å². The molecule has 126 valence electrons. The molecule has 1 aliphatic rings. The van der Waals surface area contributed by atoms with E-state index in [1.807, 2.05) is 23.1 Å². The van der Waals surface area contributed by atoms with Crippen LogP contribution in [0.4, 0.5) is 5.13 Å². The van der Waals surface area contributed by atoms with Crippen molar-refractivity contribution in [3.8, 4) is 0 Å². The Morgan fingerprint density at radius 2 is 2.25 bits per heavy atom. The number of piperidine rings is 1. The summed E-state index contributed by atoms with van der Waals surface area (Å²) in [6.07, 6.45) is 2.46. The number of thiazole rings is 1. The highest BCUT2D eigenvalue weighted by Crippen LogP contribution is 2.30. The normalized spacial score (nSPS) is 21.2. The van der Waals surface area contributed by atoms with E-state index in [1.54, 1.807) is 0 Å². The number of quaternary nitrogens is 1. The van der Waals surface area contributed by atoms with Gasteiger partial charge in [-0.1, -0.05) is 23.5 Å². The van der Waals surface area contributed by atoms with Crippen molar-refractivity contribution in [3.63, 3.8) is 0 Å². The molecule has 0 saturated carbocycles. The Morgan fingerprint density at radius 1 is 1.38 bits per heavy atom. The van der Waals surface area contributed by atoms with Gasteiger partial charge in [-0.25, -0.2) is 4.98 Å². The highest BCUT2D eigenvalue weighted by Gasteiger charge is 2.27. The lowest BCUT2D eigenvalue weighted by molar-refractivity contribution is -0.929. The van der Waals surface area contributed by atoms with Crippen molar-refractivity contribution in [2.75, 3.05) is 25.5 Å². The predicted molar refractivity (Wildman–Crippen MR) is 103 cm³/mol. The van der Waals surface area contributed by atoms with E-state index in [0.29, 0.717) is 5.92 Å². The third-order valence-corrected chi connectivity index (χ3v) is 7.00. The Kier molecular flexibility index (Phi) is 4.62. The second-order valence-electron chi connectivity index (χ2n) is 6.14. The summed E-state index contributed by atoms with van der Waals surface area (Å²) in [6, 6.07) is 8.42. The molecule has 0 amide bonds. The van der Waals surface area contributed by atoms with Crippen molar-refractivity contribution in [1.29, 1.82) is 0 Å². The molecule has 3 heterocycles. The van der Waals surface area contributed by atoms with E-state index in [2.05, 4.69) is 34.7 Å². The van der Waals surface area contributed by atoms with Crippen molar-refractivity contribution >= 4 is 50.2 Å². The van der Waals surface area contributed by atoms with Crippen LogP contribution >= 0.6 is 34.9 Å². The van der Waals surface area contributed by atoms with Gasteiger partial charge in [0.25, 0.3) is 0 Å². The van der Waals surface area contributed by atoms with Gasteiger partial charge >= 0.3 is 0 Å². The predicted octanol–water partition coefficient (Wildman–Crippen LogP) is 2.75. The molecular weight excluding hydrogens is 358 g/mol. The van der Waals surface area contributed by atoms with Gasteiger partial charge in [-0.3, -0.25) is 0 Å². The summed E-state index contributed by atoms with van der Waals surface area (Å²) < 4.78 is 4.09. The maximum Gasteiger partial charge on any atom is 0.204 e. The van der Waals surface area contributed by atoms with Gasteiger partial charge in [0.1, 0.15) is 5.01 Å². The van der Waals surface area contributed by atoms with Crippen LogP contribution in [-0.2, 0) is 6.67 Å². The third-order valence-electron chi connectivity index (χ3n) is 4.47. The van der Waals surface area contributed by atoms with E-state index < -0.39 is 0 Å². The molecule has 2 aromatic heterocycles. The molecule has 1 unspecified atom stereocenters. The largest absolute Gasteiger partial charge is 0.363 e. The van der Waals surface area contributed by atoms with Gasteiger partial charge < -0.3 is 10.2 Å². The molecule has 4 rings (SSSR count). The van der Waals surface area contributed by atoms with Crippen molar-refractivity contribution in [2.45, 2.75) is 25.4 Å². The molecule has 5 nitrogen and oxygen atoms in total. The summed E-state index contributed by atoms with van der Waals surface area (Å²) in [4.78, 5) is 6.40. The van der Waals surface area contributed by atoms with E-state index in [9.17, 15) is 0 Å². The maximum absolute atomic E-state index is 5.43. The van der Waals surface area contributed by atoms with Crippen LogP contribution in [0.3, 0.4) is 0 Å². The minimum atomic E-state index is 0.544. The Balaban J connectivity index is 1.50. The standard InChI is InChI=1S/C16H19N5S3/c1-17-15-19-21(16(22)24-15)10-20-8-4-5-11(9-20)14-18-12-6-2-3-7-13(12)23-14/h2-3,6-7,11H,4-5,8-10H2,1H3,(H,17,19)/p+1/t11-/m1/s1. The smallest absolute Gasteiger partial charge is 0.204 e. The van der Waals surface area contributed by atoms with E-state index in [1.165, 1.54) is 45.3 Å². The summed E-state index contributed by atoms with van der Waals surface area (Å²) in [5, 5.41) is 9.79. The van der Waals surface area contributed by atoms with E-state index in [4.69, 9.17) is 17.2 Å². The number of aromatic nitrogens is 3. The number of fused-ring (bicyclic) bond motifs is 1. The zero-order valence-electron chi connectivity index (χ0n) is 13.5. The van der Waals surface area contributed by atoms with Crippen LogP contribution in [-0.4, -0.2) is 34.9 Å². The molecular formula is C16H20N5S3+. The topological polar surface area (TPSA) is 47.2 Å². The lowest BCUT2D eigenvalue weighted by atomic mass is 9.99. The SMILES string of the molecule is CNc1nn(C[NH+]2CCC[C@@H](c3nc4ccccc4s3)C2)c(=S)s1. The summed E-state index contributed by atoms with van der Waals surface area (Å²) in [7, 11) is 1.88. The molecule has 0 radical (unpaired) electrons. The van der Waals surface area contributed by atoms with Crippen LogP contribution < -0.4 is 10.2 Å². The van der Waals surface area contributed by atoms with E-state index in [0.717, 1.165) is 27.8 Å². The zero-order valence-corrected chi connectivity index (χ0v) is 15.9. The van der Waals surface area contributed by atoms with Crippen LogP contribution in [0.1, 0.15) is 23.8 Å².